The van der Waals surface area contributed by atoms with E-state index < -0.39 is 10.0 Å². The van der Waals surface area contributed by atoms with E-state index in [4.69, 9.17) is 4.42 Å². The molecule has 0 spiro atoms. The second-order valence-electron chi connectivity index (χ2n) is 6.61. The molecule has 2 heterocycles. The zero-order valence-electron chi connectivity index (χ0n) is 14.4. The summed E-state index contributed by atoms with van der Waals surface area (Å²) in [6, 6.07) is 11.2. The van der Waals surface area contributed by atoms with E-state index >= 15 is 0 Å². The van der Waals surface area contributed by atoms with Crippen LogP contribution in [0.25, 0.3) is 0 Å². The van der Waals surface area contributed by atoms with Crippen molar-refractivity contribution in [1.82, 2.24) is 4.72 Å². The fourth-order valence-electron chi connectivity index (χ4n) is 3.50. The first-order valence-electron chi connectivity index (χ1n) is 8.80. The fraction of sp³-hybridized carbons (Fsp3) is 0.300. The minimum Gasteiger partial charge on any atom is -0.469 e. The van der Waals surface area contributed by atoms with Crippen LogP contribution in [-0.4, -0.2) is 15.0 Å². The lowest BCUT2D eigenvalue weighted by Gasteiger charge is -2.18. The van der Waals surface area contributed by atoms with Crippen LogP contribution in [0.5, 0.6) is 0 Å². The van der Waals surface area contributed by atoms with Gasteiger partial charge in [-0.05, 0) is 83.5 Å². The van der Waals surface area contributed by atoms with Crippen molar-refractivity contribution in [2.75, 3.05) is 6.54 Å². The first-order chi connectivity index (χ1) is 12.6. The van der Waals surface area contributed by atoms with Crippen molar-refractivity contribution in [3.8, 4) is 0 Å². The highest BCUT2D eigenvalue weighted by Gasteiger charge is 2.23. The van der Waals surface area contributed by atoms with Crippen LogP contribution in [0.2, 0.25) is 0 Å². The Bertz CT molecular complexity index is 926. The van der Waals surface area contributed by atoms with Gasteiger partial charge in [0.05, 0.1) is 17.1 Å². The van der Waals surface area contributed by atoms with Crippen molar-refractivity contribution < 1.29 is 12.8 Å². The van der Waals surface area contributed by atoms with E-state index in [2.05, 4.69) is 4.72 Å². The molecule has 0 amide bonds. The molecule has 1 aliphatic rings. The van der Waals surface area contributed by atoms with Crippen LogP contribution < -0.4 is 4.72 Å². The molecule has 6 heteroatoms. The second-order valence-corrected chi connectivity index (χ2v) is 9.16. The summed E-state index contributed by atoms with van der Waals surface area (Å²) >= 11 is 1.59. The number of benzene rings is 1. The topological polar surface area (TPSA) is 59.3 Å². The third-order valence-corrected chi connectivity index (χ3v) is 7.06. The largest absolute Gasteiger partial charge is 0.469 e. The fourth-order valence-corrected chi connectivity index (χ4v) is 5.31. The normalized spacial score (nSPS) is 15.5. The van der Waals surface area contributed by atoms with Gasteiger partial charge in [-0.25, -0.2) is 13.1 Å². The average molecular weight is 388 g/mol. The lowest BCUT2D eigenvalue weighted by molar-refractivity contribution is 0.481. The van der Waals surface area contributed by atoms with Gasteiger partial charge in [0.25, 0.3) is 0 Å². The van der Waals surface area contributed by atoms with Crippen molar-refractivity contribution in [3.05, 3.63) is 75.9 Å². The lowest BCUT2D eigenvalue weighted by Crippen LogP contribution is -2.29. The van der Waals surface area contributed by atoms with Crippen molar-refractivity contribution in [2.45, 2.75) is 36.5 Å². The molecule has 1 N–H and O–H groups in total. The molecular weight excluding hydrogens is 366 g/mol. The molecule has 1 aromatic carbocycles. The number of sulfonamides is 1. The number of thiophene rings is 1. The van der Waals surface area contributed by atoms with Gasteiger partial charge in [-0.1, -0.05) is 6.07 Å². The van der Waals surface area contributed by atoms with Crippen molar-refractivity contribution in [1.29, 1.82) is 0 Å². The predicted octanol–water partition coefficient (Wildman–Crippen LogP) is 4.33. The van der Waals surface area contributed by atoms with Crippen LogP contribution in [0, 0.1) is 0 Å². The number of aryl methyl sites for hydroxylation is 2. The lowest BCUT2D eigenvalue weighted by atomic mass is 9.92. The van der Waals surface area contributed by atoms with E-state index in [9.17, 15) is 8.42 Å². The molecule has 0 fully saturated rings. The van der Waals surface area contributed by atoms with E-state index in [0.29, 0.717) is 4.90 Å². The molecule has 1 unspecified atom stereocenters. The van der Waals surface area contributed by atoms with E-state index in [1.165, 1.54) is 17.5 Å². The van der Waals surface area contributed by atoms with Gasteiger partial charge in [0, 0.05) is 6.54 Å². The summed E-state index contributed by atoms with van der Waals surface area (Å²) in [4.78, 5) is 0.349. The van der Waals surface area contributed by atoms with E-state index in [1.54, 1.807) is 23.7 Å². The van der Waals surface area contributed by atoms with Gasteiger partial charge in [0.15, 0.2) is 0 Å². The first kappa shape index (κ1) is 17.5. The molecule has 1 atom stereocenters. The van der Waals surface area contributed by atoms with Gasteiger partial charge in [-0.2, -0.15) is 11.3 Å². The Morgan fingerprint density at radius 1 is 1.12 bits per heavy atom. The second kappa shape index (κ2) is 7.39. The zero-order valence-corrected chi connectivity index (χ0v) is 16.0. The van der Waals surface area contributed by atoms with E-state index in [0.717, 1.165) is 30.6 Å². The molecule has 0 saturated carbocycles. The highest BCUT2D eigenvalue weighted by molar-refractivity contribution is 7.89. The first-order valence-corrected chi connectivity index (χ1v) is 11.2. The molecule has 1 aliphatic carbocycles. The quantitative estimate of drug-likeness (QED) is 0.685. The number of fused-ring (bicyclic) bond motifs is 1. The third-order valence-electron chi connectivity index (χ3n) is 4.94. The van der Waals surface area contributed by atoms with Crippen molar-refractivity contribution in [2.24, 2.45) is 0 Å². The van der Waals surface area contributed by atoms with Gasteiger partial charge in [-0.3, -0.25) is 0 Å². The molecule has 0 saturated heterocycles. The summed E-state index contributed by atoms with van der Waals surface area (Å²) in [5.74, 6) is 0.625. The maximum absolute atomic E-state index is 12.8. The van der Waals surface area contributed by atoms with Gasteiger partial charge < -0.3 is 4.42 Å². The Hall–Kier alpha value is -1.89. The summed E-state index contributed by atoms with van der Waals surface area (Å²) < 4.78 is 34.0. The molecule has 26 heavy (non-hydrogen) atoms. The highest BCUT2D eigenvalue weighted by atomic mass is 32.2. The van der Waals surface area contributed by atoms with Crippen LogP contribution in [0.1, 0.15) is 41.2 Å². The average Bonchev–Trinajstić information content (AvgIpc) is 3.36. The van der Waals surface area contributed by atoms with Gasteiger partial charge in [-0.15, -0.1) is 0 Å². The predicted molar refractivity (Wildman–Crippen MR) is 103 cm³/mol. The zero-order chi connectivity index (χ0) is 18.0. The maximum atomic E-state index is 12.8. The number of hydrogen-bond acceptors (Lipinski definition) is 4. The molecule has 0 bridgehead atoms. The molecular formula is C20H21NO3S2. The van der Waals surface area contributed by atoms with Crippen LogP contribution in [-0.2, 0) is 22.9 Å². The van der Waals surface area contributed by atoms with Crippen LogP contribution in [0.4, 0.5) is 0 Å². The molecule has 4 rings (SSSR count). The van der Waals surface area contributed by atoms with Crippen molar-refractivity contribution >= 4 is 21.4 Å². The monoisotopic (exact) mass is 387 g/mol. The van der Waals surface area contributed by atoms with Crippen LogP contribution in [0.15, 0.2) is 62.7 Å². The van der Waals surface area contributed by atoms with E-state index in [1.807, 2.05) is 41.1 Å². The Morgan fingerprint density at radius 2 is 1.96 bits per heavy atom. The summed E-state index contributed by atoms with van der Waals surface area (Å²) in [5, 5.41) is 4.02. The molecule has 0 radical (unpaired) electrons. The smallest absolute Gasteiger partial charge is 0.240 e. The number of nitrogens with one attached hydrogen (secondary N) is 1. The Balaban J connectivity index is 1.55. The van der Waals surface area contributed by atoms with Gasteiger partial charge in [0.1, 0.15) is 5.76 Å². The summed E-state index contributed by atoms with van der Waals surface area (Å²) in [6.45, 7) is 0.268. The highest BCUT2D eigenvalue weighted by Crippen LogP contribution is 2.28. The van der Waals surface area contributed by atoms with Crippen molar-refractivity contribution in [3.63, 3.8) is 0 Å². The minimum absolute atomic E-state index is 0.136. The summed E-state index contributed by atoms with van der Waals surface area (Å²) in [6.07, 6.45) is 5.93. The molecule has 3 aromatic rings. The van der Waals surface area contributed by atoms with Gasteiger partial charge >= 0.3 is 0 Å². The Morgan fingerprint density at radius 3 is 2.69 bits per heavy atom. The Labute approximate surface area is 157 Å². The summed E-state index contributed by atoms with van der Waals surface area (Å²) in [7, 11) is -3.56. The standard InChI is InChI=1S/C20H21NO3S2/c22-26(23,18-8-7-15-4-1-2-5-16(15)12-18)21-13-19(17-9-11-25-14-17)20-6-3-10-24-20/h3,6-12,14,19,21H,1-2,4-5,13H2. The maximum Gasteiger partial charge on any atom is 0.240 e. The summed E-state index contributed by atoms with van der Waals surface area (Å²) in [5.41, 5.74) is 3.50. The van der Waals surface area contributed by atoms with Crippen LogP contribution >= 0.6 is 11.3 Å². The number of hydrogen-bond donors (Lipinski definition) is 1. The Kier molecular flexibility index (Phi) is 4.98. The van der Waals surface area contributed by atoms with Gasteiger partial charge in [0.2, 0.25) is 10.0 Å². The number of furan rings is 1. The molecule has 4 nitrogen and oxygen atoms in total. The minimum atomic E-state index is -3.56. The third kappa shape index (κ3) is 3.63. The molecule has 0 aliphatic heterocycles. The van der Waals surface area contributed by atoms with Crippen LogP contribution in [0.3, 0.4) is 0 Å². The SMILES string of the molecule is O=S(=O)(NCC(c1ccsc1)c1ccco1)c1ccc2c(c1)CCCC2. The van der Waals surface area contributed by atoms with E-state index in [-0.39, 0.29) is 12.5 Å². The molecule has 136 valence electrons. The number of rotatable bonds is 6. The molecule has 2 aromatic heterocycles.